The van der Waals surface area contributed by atoms with Crippen LogP contribution in [-0.2, 0) is 19.4 Å². The molecule has 5 nitrogen and oxygen atoms in total. The van der Waals surface area contributed by atoms with Crippen LogP contribution in [0, 0.1) is 0 Å². The Morgan fingerprint density at radius 3 is 2.66 bits per heavy atom. The van der Waals surface area contributed by atoms with Gasteiger partial charge in [0.05, 0.1) is 23.6 Å². The molecule has 0 unspecified atom stereocenters. The summed E-state index contributed by atoms with van der Waals surface area (Å²) >= 11 is 1.60. The Morgan fingerprint density at radius 1 is 0.897 bits per heavy atom. The van der Waals surface area contributed by atoms with E-state index in [0.29, 0.717) is 6.54 Å². The van der Waals surface area contributed by atoms with Gasteiger partial charge >= 0.3 is 0 Å². The average molecular weight is 400 g/mol. The van der Waals surface area contributed by atoms with E-state index in [0.717, 1.165) is 33.5 Å². The zero-order valence-corrected chi connectivity index (χ0v) is 16.8. The third kappa shape index (κ3) is 4.03. The van der Waals surface area contributed by atoms with E-state index in [9.17, 15) is 0 Å². The molecule has 0 radical (unpaired) electrons. The number of aryl methyl sites for hydroxylation is 2. The first-order valence-corrected chi connectivity index (χ1v) is 10.8. The molecule has 0 aliphatic heterocycles. The number of hydrogen-bond acceptors (Lipinski definition) is 6. The molecule has 3 aromatic heterocycles. The van der Waals surface area contributed by atoms with E-state index in [4.69, 9.17) is 0 Å². The first-order chi connectivity index (χ1) is 14.3. The molecule has 0 fully saturated rings. The van der Waals surface area contributed by atoms with Crippen molar-refractivity contribution in [3.8, 4) is 22.0 Å². The number of hydrogen-bond donors (Lipinski definition) is 1. The minimum absolute atomic E-state index is 0.607. The van der Waals surface area contributed by atoms with Gasteiger partial charge in [0, 0.05) is 17.1 Å². The zero-order valence-electron chi connectivity index (χ0n) is 16.0. The van der Waals surface area contributed by atoms with Gasteiger partial charge in [-0.25, -0.2) is 4.98 Å². The molecular formula is C23H21N5S. The second kappa shape index (κ2) is 8.09. The molecule has 0 saturated heterocycles. The van der Waals surface area contributed by atoms with Crippen molar-refractivity contribution in [2.45, 2.75) is 32.2 Å². The van der Waals surface area contributed by atoms with Crippen molar-refractivity contribution in [2.75, 3.05) is 5.32 Å². The van der Waals surface area contributed by atoms with E-state index in [1.807, 2.05) is 35.7 Å². The van der Waals surface area contributed by atoms with E-state index in [2.05, 4.69) is 43.7 Å². The first-order valence-electron chi connectivity index (χ1n) is 9.91. The number of rotatable bonds is 5. The summed E-state index contributed by atoms with van der Waals surface area (Å²) in [4.78, 5) is 9.00. The van der Waals surface area contributed by atoms with Crippen LogP contribution in [0.1, 0.15) is 29.7 Å². The van der Waals surface area contributed by atoms with Gasteiger partial charge in [-0.1, -0.05) is 18.2 Å². The maximum absolute atomic E-state index is 4.65. The van der Waals surface area contributed by atoms with Crippen LogP contribution in [0.25, 0.3) is 22.0 Å². The number of benzene rings is 1. The van der Waals surface area contributed by atoms with Crippen molar-refractivity contribution < 1.29 is 0 Å². The smallest absolute Gasteiger partial charge is 0.149 e. The Balaban J connectivity index is 1.25. The number of fused-ring (bicyclic) bond motifs is 1. The Labute approximate surface area is 173 Å². The lowest BCUT2D eigenvalue weighted by Crippen LogP contribution is -2.04. The second-order valence-corrected chi connectivity index (χ2v) is 8.07. The molecule has 144 valence electrons. The van der Waals surface area contributed by atoms with Crippen molar-refractivity contribution >= 4 is 17.2 Å². The second-order valence-electron chi connectivity index (χ2n) is 7.21. The molecular weight excluding hydrogens is 378 g/mol. The Morgan fingerprint density at radius 2 is 1.83 bits per heavy atom. The largest absolute Gasteiger partial charge is 0.363 e. The summed E-state index contributed by atoms with van der Waals surface area (Å²) < 4.78 is 0. The molecule has 4 aromatic rings. The molecule has 1 aliphatic carbocycles. The molecule has 1 N–H and O–H groups in total. The SMILES string of the molecule is c1ccc(-c2nc(CNc3ccc(-c4ccc5c(c4)CCCC5)nn3)cs2)nc1. The summed E-state index contributed by atoms with van der Waals surface area (Å²) in [5.74, 6) is 0.749. The number of thiazole rings is 1. The quantitative estimate of drug-likeness (QED) is 0.503. The molecule has 0 amide bonds. The minimum Gasteiger partial charge on any atom is -0.363 e. The number of aromatic nitrogens is 4. The Hall–Kier alpha value is -3.12. The van der Waals surface area contributed by atoms with Crippen LogP contribution in [0.4, 0.5) is 5.82 Å². The summed E-state index contributed by atoms with van der Waals surface area (Å²) in [5, 5.41) is 15.1. The van der Waals surface area contributed by atoms with Crippen molar-refractivity contribution in [3.05, 3.63) is 76.9 Å². The normalized spacial score (nSPS) is 13.1. The zero-order chi connectivity index (χ0) is 19.5. The topological polar surface area (TPSA) is 63.6 Å². The van der Waals surface area contributed by atoms with E-state index in [1.165, 1.54) is 36.8 Å². The van der Waals surface area contributed by atoms with Crippen molar-refractivity contribution in [3.63, 3.8) is 0 Å². The van der Waals surface area contributed by atoms with Crippen molar-refractivity contribution in [2.24, 2.45) is 0 Å². The molecule has 6 heteroatoms. The van der Waals surface area contributed by atoms with Crippen LogP contribution >= 0.6 is 11.3 Å². The number of nitrogens with one attached hydrogen (secondary N) is 1. The Bertz CT molecular complexity index is 1110. The molecule has 29 heavy (non-hydrogen) atoms. The van der Waals surface area contributed by atoms with Crippen LogP contribution in [-0.4, -0.2) is 20.2 Å². The lowest BCUT2D eigenvalue weighted by molar-refractivity contribution is 0.686. The number of anilines is 1. The summed E-state index contributed by atoms with van der Waals surface area (Å²) in [6, 6.07) is 16.6. The van der Waals surface area contributed by atoms with Gasteiger partial charge in [-0.05, 0) is 67.1 Å². The van der Waals surface area contributed by atoms with Crippen LogP contribution < -0.4 is 5.32 Å². The van der Waals surface area contributed by atoms with Gasteiger partial charge in [-0.3, -0.25) is 4.98 Å². The molecule has 0 saturated carbocycles. The van der Waals surface area contributed by atoms with Crippen LogP contribution in [0.3, 0.4) is 0 Å². The van der Waals surface area contributed by atoms with Gasteiger partial charge in [0.2, 0.25) is 0 Å². The fraction of sp³-hybridized carbons (Fsp3) is 0.217. The third-order valence-electron chi connectivity index (χ3n) is 5.20. The molecule has 0 bridgehead atoms. The highest BCUT2D eigenvalue weighted by Gasteiger charge is 2.11. The molecule has 0 spiro atoms. The lowest BCUT2D eigenvalue weighted by atomic mass is 9.90. The van der Waals surface area contributed by atoms with Gasteiger partial charge in [-0.15, -0.1) is 21.5 Å². The monoisotopic (exact) mass is 399 g/mol. The molecule has 5 rings (SSSR count). The van der Waals surface area contributed by atoms with Crippen LogP contribution in [0.15, 0.2) is 60.1 Å². The number of nitrogens with zero attached hydrogens (tertiary/aromatic N) is 4. The average Bonchev–Trinajstić information content (AvgIpc) is 3.27. The van der Waals surface area contributed by atoms with E-state index < -0.39 is 0 Å². The highest BCUT2D eigenvalue weighted by atomic mass is 32.1. The van der Waals surface area contributed by atoms with Gasteiger partial charge in [0.25, 0.3) is 0 Å². The number of pyridine rings is 1. The van der Waals surface area contributed by atoms with Crippen LogP contribution in [0.2, 0.25) is 0 Å². The standard InChI is InChI=1S/C23H21N5S/c1-2-6-17-13-18(9-8-16(17)5-1)20-10-11-22(28-27-20)25-14-19-15-29-23(26-19)21-7-3-4-12-24-21/h3-4,7-13,15H,1-2,5-6,14H2,(H,25,28). The lowest BCUT2D eigenvalue weighted by Gasteiger charge is -2.16. The van der Waals surface area contributed by atoms with Crippen molar-refractivity contribution in [1.29, 1.82) is 0 Å². The Kier molecular flexibility index (Phi) is 5.01. The molecule has 1 aliphatic rings. The summed E-state index contributed by atoms with van der Waals surface area (Å²) in [7, 11) is 0. The van der Waals surface area contributed by atoms with E-state index in [-0.39, 0.29) is 0 Å². The fourth-order valence-corrected chi connectivity index (χ4v) is 4.44. The molecule has 3 heterocycles. The molecule has 0 atom stereocenters. The van der Waals surface area contributed by atoms with Crippen LogP contribution in [0.5, 0.6) is 0 Å². The first kappa shape index (κ1) is 17.9. The minimum atomic E-state index is 0.607. The third-order valence-corrected chi connectivity index (χ3v) is 6.11. The predicted octanol–water partition coefficient (Wildman–Crippen LogP) is 5.15. The highest BCUT2D eigenvalue weighted by Crippen LogP contribution is 2.27. The summed E-state index contributed by atoms with van der Waals surface area (Å²) in [6.07, 6.45) is 6.74. The molecule has 1 aromatic carbocycles. The maximum Gasteiger partial charge on any atom is 0.149 e. The van der Waals surface area contributed by atoms with Gasteiger partial charge in [0.1, 0.15) is 10.8 Å². The van der Waals surface area contributed by atoms with E-state index >= 15 is 0 Å². The fourth-order valence-electron chi connectivity index (χ4n) is 3.65. The van der Waals surface area contributed by atoms with Gasteiger partial charge < -0.3 is 5.32 Å². The van der Waals surface area contributed by atoms with Crippen molar-refractivity contribution in [1.82, 2.24) is 20.2 Å². The van der Waals surface area contributed by atoms with E-state index in [1.54, 1.807) is 17.5 Å². The maximum atomic E-state index is 4.65. The predicted molar refractivity (Wildman–Crippen MR) is 117 cm³/mol. The summed E-state index contributed by atoms with van der Waals surface area (Å²) in [5.41, 5.74) is 6.87. The highest BCUT2D eigenvalue weighted by molar-refractivity contribution is 7.13. The van der Waals surface area contributed by atoms with Gasteiger partial charge in [0.15, 0.2) is 0 Å². The summed E-state index contributed by atoms with van der Waals surface area (Å²) in [6.45, 7) is 0.607. The van der Waals surface area contributed by atoms with Gasteiger partial charge in [-0.2, -0.15) is 0 Å².